The van der Waals surface area contributed by atoms with Crippen LogP contribution >= 0.6 is 0 Å². The van der Waals surface area contributed by atoms with Gasteiger partial charge < -0.3 is 10.6 Å². The minimum atomic E-state index is -3.69. The molecular formula is C23H26N4O3S. The smallest absolute Gasteiger partial charge is 0.319 e. The van der Waals surface area contributed by atoms with Gasteiger partial charge in [-0.3, -0.25) is 4.98 Å². The van der Waals surface area contributed by atoms with Gasteiger partial charge in [0, 0.05) is 37.2 Å². The Balaban J connectivity index is 1.66. The Morgan fingerprint density at radius 2 is 1.65 bits per heavy atom. The molecule has 3 aromatic rings. The van der Waals surface area contributed by atoms with Crippen molar-refractivity contribution in [3.8, 4) is 0 Å². The van der Waals surface area contributed by atoms with Crippen molar-refractivity contribution in [2.24, 2.45) is 0 Å². The SMILES string of the molecule is CC(C)N(Cc1ccccc1)S(=O)(=O)c1ccc(NC(=O)NCc2cccnc2)cc1. The van der Waals surface area contributed by atoms with Crippen molar-refractivity contribution in [3.63, 3.8) is 0 Å². The van der Waals surface area contributed by atoms with Crippen LogP contribution in [-0.2, 0) is 23.1 Å². The molecule has 1 heterocycles. The summed E-state index contributed by atoms with van der Waals surface area (Å²) in [5.74, 6) is 0. The number of nitrogens with one attached hydrogen (secondary N) is 2. The average molecular weight is 439 g/mol. The van der Waals surface area contributed by atoms with E-state index in [-0.39, 0.29) is 23.5 Å². The van der Waals surface area contributed by atoms with E-state index in [0.29, 0.717) is 12.2 Å². The molecule has 2 aromatic carbocycles. The van der Waals surface area contributed by atoms with E-state index >= 15 is 0 Å². The van der Waals surface area contributed by atoms with Crippen molar-refractivity contribution in [2.45, 2.75) is 37.9 Å². The zero-order valence-electron chi connectivity index (χ0n) is 17.5. The highest BCUT2D eigenvalue weighted by atomic mass is 32.2. The molecule has 0 aliphatic carbocycles. The lowest BCUT2D eigenvalue weighted by atomic mass is 10.2. The molecule has 8 heteroatoms. The minimum absolute atomic E-state index is 0.179. The van der Waals surface area contributed by atoms with Crippen LogP contribution in [0, 0.1) is 0 Å². The number of hydrogen-bond donors (Lipinski definition) is 2. The van der Waals surface area contributed by atoms with Gasteiger partial charge in [0.15, 0.2) is 0 Å². The van der Waals surface area contributed by atoms with Crippen LogP contribution < -0.4 is 10.6 Å². The Morgan fingerprint density at radius 1 is 0.968 bits per heavy atom. The van der Waals surface area contributed by atoms with E-state index in [1.54, 1.807) is 30.6 Å². The van der Waals surface area contributed by atoms with Crippen LogP contribution in [0.3, 0.4) is 0 Å². The summed E-state index contributed by atoms with van der Waals surface area (Å²) in [6.07, 6.45) is 3.34. The van der Waals surface area contributed by atoms with Gasteiger partial charge in [0.1, 0.15) is 0 Å². The number of urea groups is 1. The molecule has 0 unspecified atom stereocenters. The lowest BCUT2D eigenvalue weighted by molar-refractivity contribution is 0.251. The van der Waals surface area contributed by atoms with Crippen LogP contribution in [0.4, 0.5) is 10.5 Å². The molecule has 0 saturated heterocycles. The molecule has 162 valence electrons. The van der Waals surface area contributed by atoms with Gasteiger partial charge in [-0.1, -0.05) is 36.4 Å². The maximum Gasteiger partial charge on any atom is 0.319 e. The Bertz CT molecular complexity index is 1090. The van der Waals surface area contributed by atoms with Crippen molar-refractivity contribution in [1.29, 1.82) is 0 Å². The van der Waals surface area contributed by atoms with Gasteiger partial charge in [0.05, 0.1) is 4.90 Å². The summed E-state index contributed by atoms with van der Waals surface area (Å²) in [6, 6.07) is 18.7. The van der Waals surface area contributed by atoms with Crippen molar-refractivity contribution in [1.82, 2.24) is 14.6 Å². The molecule has 7 nitrogen and oxygen atoms in total. The maximum atomic E-state index is 13.2. The molecule has 0 spiro atoms. The predicted octanol–water partition coefficient (Wildman–Crippen LogP) is 4.00. The molecule has 2 amide bonds. The third kappa shape index (κ3) is 6.13. The standard InChI is InChI=1S/C23H26N4O3S/c1-18(2)27(17-19-7-4-3-5-8-19)31(29,30)22-12-10-21(11-13-22)26-23(28)25-16-20-9-6-14-24-15-20/h3-15,18H,16-17H2,1-2H3,(H2,25,26,28). The van der Waals surface area contributed by atoms with Gasteiger partial charge in [0.2, 0.25) is 10.0 Å². The van der Waals surface area contributed by atoms with Crippen LogP contribution in [0.15, 0.2) is 84.0 Å². The van der Waals surface area contributed by atoms with E-state index in [9.17, 15) is 13.2 Å². The van der Waals surface area contributed by atoms with Crippen LogP contribution in [0.5, 0.6) is 0 Å². The van der Waals surface area contributed by atoms with E-state index in [4.69, 9.17) is 0 Å². The third-order valence-electron chi connectivity index (χ3n) is 4.65. The first-order chi connectivity index (χ1) is 14.9. The number of hydrogen-bond acceptors (Lipinski definition) is 4. The number of rotatable bonds is 8. The first-order valence-corrected chi connectivity index (χ1v) is 11.4. The van der Waals surface area contributed by atoms with Crippen LogP contribution in [0.1, 0.15) is 25.0 Å². The second kappa shape index (κ2) is 10.2. The number of amides is 2. The first kappa shape index (κ1) is 22.5. The van der Waals surface area contributed by atoms with Gasteiger partial charge in [-0.05, 0) is 55.3 Å². The molecule has 0 saturated carbocycles. The molecule has 31 heavy (non-hydrogen) atoms. The van der Waals surface area contributed by atoms with E-state index in [2.05, 4.69) is 15.6 Å². The molecular weight excluding hydrogens is 412 g/mol. The summed E-state index contributed by atoms with van der Waals surface area (Å²) in [6.45, 7) is 4.33. The monoisotopic (exact) mass is 438 g/mol. The minimum Gasteiger partial charge on any atom is -0.334 e. The van der Waals surface area contributed by atoms with Crippen molar-refractivity contribution < 1.29 is 13.2 Å². The summed E-state index contributed by atoms with van der Waals surface area (Å²) >= 11 is 0. The zero-order valence-corrected chi connectivity index (χ0v) is 18.3. The molecule has 1 aromatic heterocycles. The number of aromatic nitrogens is 1. The van der Waals surface area contributed by atoms with Crippen molar-refractivity contribution in [2.75, 3.05) is 5.32 Å². The first-order valence-electron chi connectivity index (χ1n) is 9.96. The highest BCUT2D eigenvalue weighted by Crippen LogP contribution is 2.22. The van der Waals surface area contributed by atoms with E-state index in [1.165, 1.54) is 16.4 Å². The number of benzene rings is 2. The Hall–Kier alpha value is -3.23. The highest BCUT2D eigenvalue weighted by Gasteiger charge is 2.27. The molecule has 0 aliphatic heterocycles. The fraction of sp³-hybridized carbons (Fsp3) is 0.217. The fourth-order valence-corrected chi connectivity index (χ4v) is 4.64. The molecule has 2 N–H and O–H groups in total. The Morgan fingerprint density at radius 3 is 2.26 bits per heavy atom. The van der Waals surface area contributed by atoms with Crippen LogP contribution in [-0.4, -0.2) is 29.8 Å². The Kier molecular flexibility index (Phi) is 7.38. The van der Waals surface area contributed by atoms with Crippen LogP contribution in [0.2, 0.25) is 0 Å². The molecule has 0 atom stereocenters. The summed E-state index contributed by atoms with van der Waals surface area (Å²) in [7, 11) is -3.69. The second-order valence-corrected chi connectivity index (χ2v) is 9.21. The fourth-order valence-electron chi connectivity index (χ4n) is 3.01. The van der Waals surface area contributed by atoms with Crippen molar-refractivity contribution >= 4 is 21.7 Å². The van der Waals surface area contributed by atoms with Gasteiger partial charge in [0.25, 0.3) is 0 Å². The quantitative estimate of drug-likeness (QED) is 0.556. The molecule has 0 fully saturated rings. The zero-order chi connectivity index (χ0) is 22.3. The lowest BCUT2D eigenvalue weighted by Gasteiger charge is -2.26. The van der Waals surface area contributed by atoms with Gasteiger partial charge in [-0.2, -0.15) is 4.31 Å². The summed E-state index contributed by atoms with van der Waals surface area (Å²) in [4.78, 5) is 16.3. The lowest BCUT2D eigenvalue weighted by Crippen LogP contribution is -2.36. The van der Waals surface area contributed by atoms with E-state index < -0.39 is 10.0 Å². The predicted molar refractivity (Wildman–Crippen MR) is 121 cm³/mol. The van der Waals surface area contributed by atoms with Crippen molar-refractivity contribution in [3.05, 3.63) is 90.3 Å². The molecule has 0 bridgehead atoms. The average Bonchev–Trinajstić information content (AvgIpc) is 2.77. The largest absolute Gasteiger partial charge is 0.334 e. The van der Waals surface area contributed by atoms with Gasteiger partial charge in [-0.15, -0.1) is 0 Å². The summed E-state index contributed by atoms with van der Waals surface area (Å²) in [5.41, 5.74) is 2.30. The Labute approximate surface area is 183 Å². The van der Waals surface area contributed by atoms with E-state index in [0.717, 1.165) is 11.1 Å². The summed E-state index contributed by atoms with van der Waals surface area (Å²) in [5, 5.41) is 5.44. The number of sulfonamides is 1. The second-order valence-electron chi connectivity index (χ2n) is 7.32. The number of carbonyl (C=O) groups is 1. The van der Waals surface area contributed by atoms with Gasteiger partial charge >= 0.3 is 6.03 Å². The number of nitrogens with zero attached hydrogens (tertiary/aromatic N) is 2. The molecule has 0 radical (unpaired) electrons. The van der Waals surface area contributed by atoms with Gasteiger partial charge in [-0.25, -0.2) is 13.2 Å². The highest BCUT2D eigenvalue weighted by molar-refractivity contribution is 7.89. The maximum absolute atomic E-state index is 13.2. The normalized spacial score (nSPS) is 11.5. The number of pyridine rings is 1. The van der Waals surface area contributed by atoms with Crippen LogP contribution in [0.25, 0.3) is 0 Å². The number of anilines is 1. The third-order valence-corrected chi connectivity index (χ3v) is 6.69. The topological polar surface area (TPSA) is 91.4 Å². The molecule has 0 aliphatic rings. The molecule has 3 rings (SSSR count). The van der Waals surface area contributed by atoms with E-state index in [1.807, 2.05) is 50.2 Å². The summed E-state index contributed by atoms with van der Waals surface area (Å²) < 4.78 is 27.8. The number of carbonyl (C=O) groups excluding carboxylic acids is 1.